The Balaban J connectivity index is 1.75. The number of aromatic nitrogens is 3. The van der Waals surface area contributed by atoms with Crippen molar-refractivity contribution >= 4 is 12.2 Å². The van der Waals surface area contributed by atoms with Crippen LogP contribution in [-0.2, 0) is 4.74 Å². The standard InChI is InChI=1S/C17H20FN3O2/c1-17(2,3)15-13(6-7-22-15)16-21-20-14(23-16)5-4-11-8-12(18)10-19-9-11/h4-5,8-10,13,15H,6-7H2,1-3H3/b5-4+/t13-,15-/m0/s1. The van der Waals surface area contributed by atoms with E-state index in [-0.39, 0.29) is 23.3 Å². The molecule has 0 aromatic carbocycles. The van der Waals surface area contributed by atoms with Crippen LogP contribution in [0.4, 0.5) is 4.39 Å². The third kappa shape index (κ3) is 3.64. The number of rotatable bonds is 3. The van der Waals surface area contributed by atoms with E-state index in [0.717, 1.165) is 12.6 Å². The number of hydrogen-bond donors (Lipinski definition) is 0. The molecule has 0 unspecified atom stereocenters. The van der Waals surface area contributed by atoms with Gasteiger partial charge in [-0.15, -0.1) is 10.2 Å². The average Bonchev–Trinajstić information content (AvgIpc) is 3.13. The molecule has 2 atom stereocenters. The van der Waals surface area contributed by atoms with Gasteiger partial charge in [0, 0.05) is 18.9 Å². The van der Waals surface area contributed by atoms with E-state index < -0.39 is 0 Å². The first-order chi connectivity index (χ1) is 10.9. The van der Waals surface area contributed by atoms with Crippen molar-refractivity contribution in [3.8, 4) is 0 Å². The number of hydrogen-bond acceptors (Lipinski definition) is 5. The summed E-state index contributed by atoms with van der Waals surface area (Å²) in [6, 6.07) is 1.39. The Hall–Kier alpha value is -2.08. The van der Waals surface area contributed by atoms with Crippen molar-refractivity contribution < 1.29 is 13.5 Å². The second-order valence-corrected chi connectivity index (χ2v) is 6.80. The molecule has 0 bridgehead atoms. The maximum atomic E-state index is 13.1. The molecule has 23 heavy (non-hydrogen) atoms. The fourth-order valence-electron chi connectivity index (χ4n) is 2.85. The van der Waals surface area contributed by atoms with Crippen LogP contribution in [0.25, 0.3) is 12.2 Å². The van der Waals surface area contributed by atoms with Crippen LogP contribution >= 0.6 is 0 Å². The zero-order chi connectivity index (χ0) is 16.4. The summed E-state index contributed by atoms with van der Waals surface area (Å²) in [5.41, 5.74) is 0.653. The summed E-state index contributed by atoms with van der Waals surface area (Å²) in [7, 11) is 0. The molecule has 0 spiro atoms. The highest BCUT2D eigenvalue weighted by Crippen LogP contribution is 2.40. The predicted molar refractivity (Wildman–Crippen MR) is 84.0 cm³/mol. The molecule has 1 fully saturated rings. The van der Waals surface area contributed by atoms with Gasteiger partial charge in [0.05, 0.1) is 18.2 Å². The Bertz CT molecular complexity index is 706. The number of nitrogens with zero attached hydrogens (tertiary/aromatic N) is 3. The van der Waals surface area contributed by atoms with Crippen LogP contribution in [0, 0.1) is 11.2 Å². The molecule has 6 heteroatoms. The summed E-state index contributed by atoms with van der Waals surface area (Å²) in [5, 5.41) is 8.20. The minimum Gasteiger partial charge on any atom is -0.421 e. The van der Waals surface area contributed by atoms with Gasteiger partial charge in [0.25, 0.3) is 0 Å². The van der Waals surface area contributed by atoms with Crippen molar-refractivity contribution in [3.63, 3.8) is 0 Å². The Morgan fingerprint density at radius 2 is 2.04 bits per heavy atom. The van der Waals surface area contributed by atoms with Crippen LogP contribution < -0.4 is 0 Å². The molecule has 0 N–H and O–H groups in total. The average molecular weight is 317 g/mol. The molecule has 5 nitrogen and oxygen atoms in total. The van der Waals surface area contributed by atoms with Crippen molar-refractivity contribution in [3.05, 3.63) is 41.6 Å². The zero-order valence-corrected chi connectivity index (χ0v) is 13.5. The molecule has 3 heterocycles. The highest BCUT2D eigenvalue weighted by molar-refractivity contribution is 5.65. The first-order valence-electron chi connectivity index (χ1n) is 7.67. The highest BCUT2D eigenvalue weighted by Gasteiger charge is 2.40. The molecule has 0 aliphatic carbocycles. The van der Waals surface area contributed by atoms with Gasteiger partial charge < -0.3 is 9.15 Å². The summed E-state index contributed by atoms with van der Waals surface area (Å²) >= 11 is 0. The van der Waals surface area contributed by atoms with E-state index in [1.54, 1.807) is 18.3 Å². The van der Waals surface area contributed by atoms with E-state index in [9.17, 15) is 4.39 Å². The van der Waals surface area contributed by atoms with Crippen LogP contribution in [0.5, 0.6) is 0 Å². The number of halogens is 1. The fraction of sp³-hybridized carbons (Fsp3) is 0.471. The molecule has 3 rings (SSSR count). The second-order valence-electron chi connectivity index (χ2n) is 6.80. The lowest BCUT2D eigenvalue weighted by Gasteiger charge is -2.29. The van der Waals surface area contributed by atoms with Gasteiger partial charge in [-0.25, -0.2) is 4.39 Å². The quantitative estimate of drug-likeness (QED) is 0.864. The maximum absolute atomic E-state index is 13.1. The Labute approximate surface area is 134 Å². The van der Waals surface area contributed by atoms with E-state index >= 15 is 0 Å². The molecular weight excluding hydrogens is 297 g/mol. The first kappa shape index (κ1) is 15.8. The Morgan fingerprint density at radius 1 is 1.22 bits per heavy atom. The highest BCUT2D eigenvalue weighted by atomic mass is 19.1. The van der Waals surface area contributed by atoms with Crippen molar-refractivity contribution in [1.29, 1.82) is 0 Å². The van der Waals surface area contributed by atoms with Gasteiger partial charge in [-0.05, 0) is 29.5 Å². The third-order valence-electron chi connectivity index (χ3n) is 3.86. The smallest absolute Gasteiger partial charge is 0.240 e. The molecule has 122 valence electrons. The predicted octanol–water partition coefficient (Wildman–Crippen LogP) is 3.69. The van der Waals surface area contributed by atoms with Crippen molar-refractivity contribution in [2.24, 2.45) is 5.41 Å². The normalized spacial score (nSPS) is 22.1. The van der Waals surface area contributed by atoms with Gasteiger partial charge >= 0.3 is 0 Å². The van der Waals surface area contributed by atoms with Crippen LogP contribution in [0.15, 0.2) is 22.9 Å². The largest absolute Gasteiger partial charge is 0.421 e. The molecule has 2 aromatic heterocycles. The molecule has 1 aliphatic rings. The minimum absolute atomic E-state index is 0.0128. The number of ether oxygens (including phenoxy) is 1. The molecule has 0 saturated carbocycles. The Morgan fingerprint density at radius 3 is 2.78 bits per heavy atom. The van der Waals surface area contributed by atoms with Gasteiger partial charge in [0.1, 0.15) is 5.82 Å². The third-order valence-corrected chi connectivity index (χ3v) is 3.86. The van der Waals surface area contributed by atoms with Crippen LogP contribution in [-0.4, -0.2) is 27.9 Å². The van der Waals surface area contributed by atoms with Crippen molar-refractivity contribution in [2.45, 2.75) is 39.2 Å². The topological polar surface area (TPSA) is 61.0 Å². The lowest BCUT2D eigenvalue weighted by molar-refractivity contribution is 0.0171. The molecule has 2 aromatic rings. The van der Waals surface area contributed by atoms with Crippen LogP contribution in [0.2, 0.25) is 0 Å². The maximum Gasteiger partial charge on any atom is 0.240 e. The summed E-state index contributed by atoms with van der Waals surface area (Å²) in [4.78, 5) is 3.79. The molecule has 0 amide bonds. The van der Waals surface area contributed by atoms with Gasteiger partial charge in [0.2, 0.25) is 11.8 Å². The van der Waals surface area contributed by atoms with E-state index in [0.29, 0.717) is 24.0 Å². The lowest BCUT2D eigenvalue weighted by Crippen LogP contribution is -2.30. The van der Waals surface area contributed by atoms with Crippen LogP contribution in [0.1, 0.15) is 50.5 Å². The van der Waals surface area contributed by atoms with Crippen LogP contribution in [0.3, 0.4) is 0 Å². The summed E-state index contributed by atoms with van der Waals surface area (Å²) < 4.78 is 24.7. The SMILES string of the molecule is CC(C)(C)[C@H]1OCC[C@@H]1c1nnc(/C=C/c2cncc(F)c2)o1. The second kappa shape index (κ2) is 6.20. The van der Waals surface area contributed by atoms with E-state index in [1.165, 1.54) is 6.07 Å². The summed E-state index contributed by atoms with van der Waals surface area (Å²) in [6.45, 7) is 7.13. The fourth-order valence-corrected chi connectivity index (χ4v) is 2.85. The van der Waals surface area contributed by atoms with E-state index in [2.05, 4.69) is 36.0 Å². The Kier molecular flexibility index (Phi) is 4.26. The zero-order valence-electron chi connectivity index (χ0n) is 13.5. The van der Waals surface area contributed by atoms with Crippen molar-refractivity contribution in [2.75, 3.05) is 6.61 Å². The van der Waals surface area contributed by atoms with Crippen molar-refractivity contribution in [1.82, 2.24) is 15.2 Å². The first-order valence-corrected chi connectivity index (χ1v) is 7.67. The molecule has 0 radical (unpaired) electrons. The summed E-state index contributed by atoms with van der Waals surface area (Å²) in [6.07, 6.45) is 7.02. The van der Waals surface area contributed by atoms with E-state index in [4.69, 9.17) is 9.15 Å². The lowest BCUT2D eigenvalue weighted by atomic mass is 9.81. The van der Waals surface area contributed by atoms with Gasteiger partial charge in [-0.2, -0.15) is 0 Å². The molecule has 1 saturated heterocycles. The molecule has 1 aliphatic heterocycles. The number of pyridine rings is 1. The van der Waals surface area contributed by atoms with Gasteiger partial charge in [-0.1, -0.05) is 20.8 Å². The van der Waals surface area contributed by atoms with Gasteiger partial charge in [0.15, 0.2) is 0 Å². The van der Waals surface area contributed by atoms with Gasteiger partial charge in [-0.3, -0.25) is 4.98 Å². The summed E-state index contributed by atoms with van der Waals surface area (Å²) in [5.74, 6) is 0.721. The molecular formula is C17H20FN3O2. The minimum atomic E-state index is -0.380. The van der Waals surface area contributed by atoms with E-state index in [1.807, 2.05) is 0 Å². The monoisotopic (exact) mass is 317 g/mol.